The maximum absolute atomic E-state index is 3.63. The van der Waals surface area contributed by atoms with Gasteiger partial charge in [0.15, 0.2) is 0 Å². The Bertz CT molecular complexity index is 503. The van der Waals surface area contributed by atoms with Crippen molar-refractivity contribution >= 4 is 27.3 Å². The Balaban J connectivity index is 2.02. The zero-order valence-electron chi connectivity index (χ0n) is 10.9. The van der Waals surface area contributed by atoms with Gasteiger partial charge in [-0.25, -0.2) is 0 Å². The van der Waals surface area contributed by atoms with Crippen LogP contribution in [0.2, 0.25) is 0 Å². The summed E-state index contributed by atoms with van der Waals surface area (Å²) in [6.07, 6.45) is 0. The Morgan fingerprint density at radius 2 is 1.67 bits per heavy atom. The molecule has 2 rings (SSSR count). The molecule has 3 heteroatoms. The quantitative estimate of drug-likeness (QED) is 0.812. The summed E-state index contributed by atoms with van der Waals surface area (Å²) in [5.74, 6) is 0. The van der Waals surface area contributed by atoms with Gasteiger partial charge in [0.1, 0.15) is 0 Å². The number of halogens is 1. The van der Waals surface area contributed by atoms with E-state index in [2.05, 4.69) is 78.4 Å². The van der Waals surface area contributed by atoms with Crippen molar-refractivity contribution in [1.82, 2.24) is 5.32 Å². The Morgan fingerprint density at radius 3 is 2.22 bits per heavy atom. The van der Waals surface area contributed by atoms with Crippen molar-refractivity contribution in [2.45, 2.75) is 32.9 Å². The fourth-order valence-corrected chi connectivity index (χ4v) is 3.40. The second kappa shape index (κ2) is 6.00. The fraction of sp³-hybridized carbons (Fsp3) is 0.333. The average Bonchev–Trinajstić information content (AvgIpc) is 2.76. The van der Waals surface area contributed by atoms with Crippen molar-refractivity contribution < 1.29 is 0 Å². The molecule has 2 atom stereocenters. The second-order valence-electron chi connectivity index (χ2n) is 4.66. The van der Waals surface area contributed by atoms with Gasteiger partial charge in [-0.15, -0.1) is 11.3 Å². The summed E-state index contributed by atoms with van der Waals surface area (Å²) in [5, 5.41) is 3.63. The molecule has 1 unspecified atom stereocenters. The van der Waals surface area contributed by atoms with Crippen LogP contribution in [0.1, 0.15) is 41.9 Å². The number of hydrogen-bond donors (Lipinski definition) is 1. The third-order valence-corrected chi connectivity index (χ3v) is 4.90. The third kappa shape index (κ3) is 3.44. The minimum absolute atomic E-state index is 0.362. The second-order valence-corrected chi connectivity index (χ2v) is 7.16. The Kier molecular flexibility index (Phi) is 4.60. The van der Waals surface area contributed by atoms with E-state index in [1.165, 1.54) is 19.8 Å². The number of aryl methyl sites for hydroxylation is 1. The van der Waals surface area contributed by atoms with Crippen molar-refractivity contribution in [1.29, 1.82) is 0 Å². The van der Waals surface area contributed by atoms with E-state index in [0.29, 0.717) is 12.1 Å². The van der Waals surface area contributed by atoms with Crippen LogP contribution in [0.3, 0.4) is 0 Å². The highest BCUT2D eigenvalue weighted by atomic mass is 79.9. The zero-order chi connectivity index (χ0) is 13.1. The molecule has 0 fully saturated rings. The fourth-order valence-electron chi connectivity index (χ4n) is 1.97. The molecule has 1 nitrogen and oxygen atoms in total. The molecule has 0 spiro atoms. The molecule has 0 aliphatic heterocycles. The summed E-state index contributed by atoms with van der Waals surface area (Å²) < 4.78 is 1.19. The van der Waals surface area contributed by atoms with Crippen molar-refractivity contribution in [3.63, 3.8) is 0 Å². The van der Waals surface area contributed by atoms with E-state index in [1.807, 2.05) is 0 Å². The van der Waals surface area contributed by atoms with Crippen LogP contribution in [0.15, 0.2) is 40.2 Å². The van der Waals surface area contributed by atoms with Crippen LogP contribution < -0.4 is 5.32 Å². The Labute approximate surface area is 121 Å². The van der Waals surface area contributed by atoms with Crippen LogP contribution in [0, 0.1) is 6.92 Å². The lowest BCUT2D eigenvalue weighted by Gasteiger charge is -2.19. The largest absolute Gasteiger partial charge is 0.303 e. The van der Waals surface area contributed by atoms with Crippen LogP contribution in [-0.2, 0) is 0 Å². The third-order valence-electron chi connectivity index (χ3n) is 3.10. The summed E-state index contributed by atoms with van der Waals surface area (Å²) in [6, 6.07) is 13.7. The highest BCUT2D eigenvalue weighted by Crippen LogP contribution is 2.28. The molecule has 1 N–H and O–H groups in total. The summed E-state index contributed by atoms with van der Waals surface area (Å²) >= 11 is 5.30. The van der Waals surface area contributed by atoms with E-state index in [0.717, 1.165) is 0 Å². The lowest BCUT2D eigenvalue weighted by Crippen LogP contribution is -2.21. The number of benzene rings is 1. The van der Waals surface area contributed by atoms with Gasteiger partial charge >= 0.3 is 0 Å². The molecule has 0 saturated heterocycles. The van der Waals surface area contributed by atoms with Crippen LogP contribution in [0.4, 0.5) is 0 Å². The molecule has 1 heterocycles. The summed E-state index contributed by atoms with van der Waals surface area (Å²) in [7, 11) is 0. The Morgan fingerprint density at radius 1 is 1.00 bits per heavy atom. The monoisotopic (exact) mass is 323 g/mol. The van der Waals surface area contributed by atoms with E-state index in [1.54, 1.807) is 11.3 Å². The molecular formula is C15H18BrNS. The average molecular weight is 324 g/mol. The zero-order valence-corrected chi connectivity index (χ0v) is 13.3. The van der Waals surface area contributed by atoms with Crippen LogP contribution in [0.5, 0.6) is 0 Å². The first-order valence-corrected chi connectivity index (χ1v) is 7.75. The van der Waals surface area contributed by atoms with Gasteiger partial charge < -0.3 is 5.32 Å². The maximum Gasteiger partial charge on any atom is 0.0701 e. The van der Waals surface area contributed by atoms with E-state index in [4.69, 9.17) is 0 Å². The van der Waals surface area contributed by atoms with Crippen LogP contribution in [-0.4, -0.2) is 0 Å². The van der Waals surface area contributed by atoms with Gasteiger partial charge in [-0.3, -0.25) is 0 Å². The van der Waals surface area contributed by atoms with E-state index in [9.17, 15) is 0 Å². The van der Waals surface area contributed by atoms with Gasteiger partial charge in [0, 0.05) is 17.0 Å². The van der Waals surface area contributed by atoms with E-state index >= 15 is 0 Å². The van der Waals surface area contributed by atoms with Gasteiger partial charge in [-0.2, -0.15) is 0 Å². The Hall–Kier alpha value is -0.640. The predicted molar refractivity (Wildman–Crippen MR) is 83.2 cm³/mol. The van der Waals surface area contributed by atoms with Gasteiger partial charge in [-0.1, -0.05) is 29.8 Å². The first-order valence-electron chi connectivity index (χ1n) is 6.14. The molecule has 96 valence electrons. The van der Waals surface area contributed by atoms with Gasteiger partial charge in [0.2, 0.25) is 0 Å². The van der Waals surface area contributed by atoms with Gasteiger partial charge in [0.05, 0.1) is 3.79 Å². The topological polar surface area (TPSA) is 12.0 Å². The standard InChI is InChI=1S/C15H18BrNS/c1-10-4-6-13(7-5-10)11(2)17-12(3)14-8-9-15(16)18-14/h4-9,11-12,17H,1-3H3/t11-,12?/m0/s1. The SMILES string of the molecule is Cc1ccc([C@H](C)NC(C)c2ccc(Br)s2)cc1. The van der Waals surface area contributed by atoms with E-state index < -0.39 is 0 Å². The smallest absolute Gasteiger partial charge is 0.0701 e. The van der Waals surface area contributed by atoms with E-state index in [-0.39, 0.29) is 0 Å². The van der Waals surface area contributed by atoms with Crippen molar-refractivity contribution in [2.24, 2.45) is 0 Å². The molecule has 1 aromatic carbocycles. The van der Waals surface area contributed by atoms with Crippen LogP contribution >= 0.6 is 27.3 Å². The minimum atomic E-state index is 0.362. The van der Waals surface area contributed by atoms with Crippen molar-refractivity contribution in [3.8, 4) is 0 Å². The molecular weight excluding hydrogens is 306 g/mol. The summed E-state index contributed by atoms with van der Waals surface area (Å²) in [4.78, 5) is 1.36. The highest BCUT2D eigenvalue weighted by molar-refractivity contribution is 9.11. The van der Waals surface area contributed by atoms with Crippen LogP contribution in [0.25, 0.3) is 0 Å². The molecule has 2 aromatic rings. The normalized spacial score (nSPS) is 14.4. The molecule has 0 amide bonds. The number of hydrogen-bond acceptors (Lipinski definition) is 2. The number of thiophene rings is 1. The number of nitrogens with one attached hydrogen (secondary N) is 1. The molecule has 0 bridgehead atoms. The molecule has 0 aliphatic carbocycles. The first kappa shape index (κ1) is 13.8. The van der Waals surface area contributed by atoms with Gasteiger partial charge in [-0.05, 0) is 54.4 Å². The highest BCUT2D eigenvalue weighted by Gasteiger charge is 2.12. The first-order chi connectivity index (χ1) is 8.56. The summed E-state index contributed by atoms with van der Waals surface area (Å²) in [5.41, 5.74) is 2.64. The van der Waals surface area contributed by atoms with Crippen molar-refractivity contribution in [2.75, 3.05) is 0 Å². The number of rotatable bonds is 4. The molecule has 1 aromatic heterocycles. The molecule has 0 saturated carbocycles. The summed E-state index contributed by atoms with van der Waals surface area (Å²) in [6.45, 7) is 6.54. The lowest BCUT2D eigenvalue weighted by atomic mass is 10.1. The minimum Gasteiger partial charge on any atom is -0.303 e. The van der Waals surface area contributed by atoms with Gasteiger partial charge in [0.25, 0.3) is 0 Å². The predicted octanol–water partition coefficient (Wildman–Crippen LogP) is 5.23. The maximum atomic E-state index is 3.63. The molecule has 0 radical (unpaired) electrons. The molecule has 18 heavy (non-hydrogen) atoms. The molecule has 0 aliphatic rings. The van der Waals surface area contributed by atoms with Crippen molar-refractivity contribution in [3.05, 3.63) is 56.2 Å². The lowest BCUT2D eigenvalue weighted by molar-refractivity contribution is 0.500.